The van der Waals surface area contributed by atoms with Crippen molar-refractivity contribution in [2.75, 3.05) is 0 Å². The van der Waals surface area contributed by atoms with Gasteiger partial charge >= 0.3 is 0 Å². The molecule has 0 aliphatic carbocycles. The summed E-state index contributed by atoms with van der Waals surface area (Å²) in [6.45, 7) is 13.1. The van der Waals surface area contributed by atoms with Crippen LogP contribution in [0.4, 0.5) is 0 Å². The first-order valence-electron chi connectivity index (χ1n) is 5.30. The van der Waals surface area contributed by atoms with E-state index in [1.807, 2.05) is 0 Å². The van der Waals surface area contributed by atoms with E-state index in [9.17, 15) is 0 Å². The van der Waals surface area contributed by atoms with E-state index in [2.05, 4.69) is 58.7 Å². The molecule has 0 amide bonds. The van der Waals surface area contributed by atoms with Crippen molar-refractivity contribution in [1.82, 2.24) is 4.98 Å². The molecule has 0 N–H and O–H groups in total. The number of hydrogen-bond donors (Lipinski definition) is 0. The van der Waals surface area contributed by atoms with Gasteiger partial charge in [-0.15, -0.1) is 0 Å². The van der Waals surface area contributed by atoms with Gasteiger partial charge in [0.2, 0.25) is 0 Å². The maximum Gasteiger partial charge on any atom is 0.0460 e. The zero-order chi connectivity index (χ0) is 10.9. The fourth-order valence-corrected chi connectivity index (χ4v) is 1.60. The second-order valence-electron chi connectivity index (χ2n) is 5.28. The fourth-order valence-electron chi connectivity index (χ4n) is 1.60. The van der Waals surface area contributed by atoms with Crippen LogP contribution in [-0.2, 0) is 5.41 Å². The van der Waals surface area contributed by atoms with Crippen LogP contribution in [0.1, 0.15) is 57.5 Å². The van der Waals surface area contributed by atoms with Crippen molar-refractivity contribution in [3.8, 4) is 0 Å². The lowest BCUT2D eigenvalue weighted by molar-refractivity contribution is 0.565. The van der Waals surface area contributed by atoms with Crippen molar-refractivity contribution < 1.29 is 0 Å². The van der Waals surface area contributed by atoms with Gasteiger partial charge in [0.25, 0.3) is 0 Å². The Balaban J connectivity index is 3.13. The van der Waals surface area contributed by atoms with Gasteiger partial charge in [-0.3, -0.25) is 4.98 Å². The Labute approximate surface area is 87.6 Å². The van der Waals surface area contributed by atoms with Gasteiger partial charge < -0.3 is 0 Å². The summed E-state index contributed by atoms with van der Waals surface area (Å²) >= 11 is 0. The molecule has 0 unspecified atom stereocenters. The minimum absolute atomic E-state index is 0.153. The number of nitrogens with zero attached hydrogens (tertiary/aromatic N) is 1. The number of aryl methyl sites for hydroxylation is 1. The van der Waals surface area contributed by atoms with Crippen LogP contribution < -0.4 is 0 Å². The van der Waals surface area contributed by atoms with E-state index < -0.39 is 0 Å². The van der Waals surface area contributed by atoms with Crippen LogP contribution in [0.5, 0.6) is 0 Å². The highest BCUT2D eigenvalue weighted by Crippen LogP contribution is 2.24. The summed E-state index contributed by atoms with van der Waals surface area (Å²) in [6.07, 6.45) is 0. The van der Waals surface area contributed by atoms with Crippen molar-refractivity contribution in [2.24, 2.45) is 0 Å². The molecule has 1 nitrogen and oxygen atoms in total. The number of hydrogen-bond acceptors (Lipinski definition) is 1. The van der Waals surface area contributed by atoms with Gasteiger partial charge in [-0.25, -0.2) is 0 Å². The van der Waals surface area contributed by atoms with E-state index in [0.717, 1.165) is 0 Å². The minimum atomic E-state index is 0.153. The maximum atomic E-state index is 4.67. The Kier molecular flexibility index (Phi) is 2.98. The molecule has 0 aliphatic heterocycles. The van der Waals surface area contributed by atoms with Gasteiger partial charge in [-0.1, -0.05) is 40.7 Å². The molecule has 14 heavy (non-hydrogen) atoms. The van der Waals surface area contributed by atoms with Crippen LogP contribution in [0.25, 0.3) is 0 Å². The van der Waals surface area contributed by atoms with Gasteiger partial charge in [-0.2, -0.15) is 0 Å². The minimum Gasteiger partial charge on any atom is -0.257 e. The molecule has 1 aromatic rings. The molecule has 0 radical (unpaired) electrons. The summed E-state index contributed by atoms with van der Waals surface area (Å²) in [5.74, 6) is 0.566. The third kappa shape index (κ3) is 2.34. The van der Waals surface area contributed by atoms with Crippen molar-refractivity contribution in [3.05, 3.63) is 29.1 Å². The topological polar surface area (TPSA) is 12.9 Å². The van der Waals surface area contributed by atoms with E-state index >= 15 is 0 Å². The Morgan fingerprint density at radius 2 is 1.71 bits per heavy atom. The van der Waals surface area contributed by atoms with Gasteiger partial charge in [-0.05, 0) is 24.5 Å². The summed E-state index contributed by atoms with van der Waals surface area (Å²) in [5, 5.41) is 0. The Morgan fingerprint density at radius 3 is 2.07 bits per heavy atom. The van der Waals surface area contributed by atoms with Crippen LogP contribution in [0.3, 0.4) is 0 Å². The quantitative estimate of drug-likeness (QED) is 0.657. The molecular formula is C13H21N. The molecule has 1 heteroatoms. The van der Waals surface area contributed by atoms with Crippen molar-refractivity contribution >= 4 is 0 Å². The largest absolute Gasteiger partial charge is 0.257 e. The molecule has 0 aliphatic rings. The van der Waals surface area contributed by atoms with Gasteiger partial charge in [0.15, 0.2) is 0 Å². The summed E-state index contributed by atoms with van der Waals surface area (Å²) in [7, 11) is 0. The number of aromatic nitrogens is 1. The third-order valence-electron chi connectivity index (χ3n) is 2.52. The smallest absolute Gasteiger partial charge is 0.0460 e. The first-order chi connectivity index (χ1) is 6.32. The monoisotopic (exact) mass is 191 g/mol. The summed E-state index contributed by atoms with van der Waals surface area (Å²) in [4.78, 5) is 4.67. The molecule has 0 bridgehead atoms. The Morgan fingerprint density at radius 1 is 1.14 bits per heavy atom. The van der Waals surface area contributed by atoms with Crippen LogP contribution >= 0.6 is 0 Å². The summed E-state index contributed by atoms with van der Waals surface area (Å²) < 4.78 is 0. The molecule has 0 spiro atoms. The maximum absolute atomic E-state index is 4.67. The molecule has 78 valence electrons. The molecule has 1 rings (SSSR count). The van der Waals surface area contributed by atoms with E-state index in [1.54, 1.807) is 0 Å². The average Bonchev–Trinajstić information content (AvgIpc) is 2.01. The first kappa shape index (κ1) is 11.2. The molecule has 0 saturated heterocycles. The van der Waals surface area contributed by atoms with E-state index in [1.165, 1.54) is 17.0 Å². The lowest BCUT2D eigenvalue weighted by atomic mass is 9.90. The Hall–Kier alpha value is -0.850. The van der Waals surface area contributed by atoms with Crippen LogP contribution in [-0.4, -0.2) is 4.98 Å². The Bertz CT molecular complexity index is 318. The highest BCUT2D eigenvalue weighted by molar-refractivity contribution is 5.27. The highest BCUT2D eigenvalue weighted by Gasteiger charge is 2.16. The third-order valence-corrected chi connectivity index (χ3v) is 2.52. The fraction of sp³-hybridized carbons (Fsp3) is 0.615. The zero-order valence-electron chi connectivity index (χ0n) is 10.2. The van der Waals surface area contributed by atoms with E-state index in [0.29, 0.717) is 5.92 Å². The number of pyridine rings is 1. The second-order valence-corrected chi connectivity index (χ2v) is 5.28. The van der Waals surface area contributed by atoms with Crippen molar-refractivity contribution in [3.63, 3.8) is 0 Å². The molecule has 0 saturated carbocycles. The molecule has 1 aromatic heterocycles. The molecular weight excluding hydrogens is 170 g/mol. The van der Waals surface area contributed by atoms with Gasteiger partial charge in [0.05, 0.1) is 0 Å². The zero-order valence-corrected chi connectivity index (χ0v) is 10.2. The van der Waals surface area contributed by atoms with Gasteiger partial charge in [0.1, 0.15) is 0 Å². The molecule has 0 atom stereocenters. The standard InChI is InChI=1S/C13H21N/c1-9(2)11-7-8-12(13(4,5)6)14-10(11)3/h7-9H,1-6H3. The van der Waals surface area contributed by atoms with Crippen LogP contribution in [0.2, 0.25) is 0 Å². The average molecular weight is 191 g/mol. The number of rotatable bonds is 1. The highest BCUT2D eigenvalue weighted by atomic mass is 14.7. The molecule has 1 heterocycles. The molecule has 0 aromatic carbocycles. The van der Waals surface area contributed by atoms with E-state index in [-0.39, 0.29) is 5.41 Å². The second kappa shape index (κ2) is 3.72. The molecule has 0 fully saturated rings. The van der Waals surface area contributed by atoms with E-state index in [4.69, 9.17) is 0 Å². The lowest BCUT2D eigenvalue weighted by Crippen LogP contribution is -2.14. The predicted octanol–water partition coefficient (Wildman–Crippen LogP) is 3.81. The van der Waals surface area contributed by atoms with Crippen LogP contribution in [0.15, 0.2) is 12.1 Å². The van der Waals surface area contributed by atoms with Crippen molar-refractivity contribution in [2.45, 2.75) is 52.9 Å². The summed E-state index contributed by atoms with van der Waals surface area (Å²) in [6, 6.07) is 4.37. The lowest BCUT2D eigenvalue weighted by Gasteiger charge is -2.20. The van der Waals surface area contributed by atoms with Gasteiger partial charge in [0, 0.05) is 16.8 Å². The summed E-state index contributed by atoms with van der Waals surface area (Å²) in [5.41, 5.74) is 3.87. The normalized spacial score (nSPS) is 12.2. The van der Waals surface area contributed by atoms with Crippen LogP contribution in [0, 0.1) is 6.92 Å². The van der Waals surface area contributed by atoms with Crippen molar-refractivity contribution in [1.29, 1.82) is 0 Å². The predicted molar refractivity (Wildman–Crippen MR) is 61.8 cm³/mol. The first-order valence-corrected chi connectivity index (χ1v) is 5.30. The SMILES string of the molecule is Cc1nc(C(C)(C)C)ccc1C(C)C.